The molecule has 1 heterocycles. The maximum absolute atomic E-state index is 4.43. The minimum Gasteiger partial charge on any atom is -0.214 e. The van der Waals surface area contributed by atoms with E-state index in [1.165, 1.54) is 10.8 Å². The van der Waals surface area contributed by atoms with Gasteiger partial charge in [-0.25, -0.2) is 4.68 Å². The molecule has 0 aliphatic carbocycles. The molecule has 0 spiro atoms. The third-order valence-electron chi connectivity index (χ3n) is 3.56. The molecule has 0 bridgehead atoms. The molecule has 4 rings (SSSR count). The van der Waals surface area contributed by atoms with Crippen LogP contribution in [0.4, 0.5) is 5.69 Å². The zero-order valence-electron chi connectivity index (χ0n) is 11.3. The van der Waals surface area contributed by atoms with Gasteiger partial charge in [-0.3, -0.25) is 0 Å². The van der Waals surface area contributed by atoms with Crippen LogP contribution in [0.3, 0.4) is 0 Å². The third-order valence-corrected chi connectivity index (χ3v) is 3.56. The first-order chi connectivity index (χ1) is 10.4. The second-order valence-electron chi connectivity index (χ2n) is 4.87. The first kappa shape index (κ1) is 11.9. The summed E-state index contributed by atoms with van der Waals surface area (Å²) >= 11 is 0. The van der Waals surface area contributed by atoms with Crippen LogP contribution in [-0.4, -0.2) is 4.68 Å². The van der Waals surface area contributed by atoms with Crippen molar-refractivity contribution >= 4 is 27.5 Å². The summed E-state index contributed by atoms with van der Waals surface area (Å²) in [6, 6.07) is 26.3. The van der Waals surface area contributed by atoms with Gasteiger partial charge in [0.2, 0.25) is 0 Å². The van der Waals surface area contributed by atoms with Crippen molar-refractivity contribution in [2.45, 2.75) is 0 Å². The molecule has 100 valence electrons. The fraction of sp³-hybridized carbons (Fsp3) is 0. The Hall–Kier alpha value is -2.94. The van der Waals surface area contributed by atoms with E-state index in [1.807, 2.05) is 59.3 Å². The van der Waals surface area contributed by atoms with Crippen LogP contribution in [-0.2, 0) is 0 Å². The van der Waals surface area contributed by atoms with Crippen LogP contribution in [0.25, 0.3) is 21.8 Å². The molecule has 21 heavy (non-hydrogen) atoms. The van der Waals surface area contributed by atoms with Gasteiger partial charge in [0.15, 0.2) is 0 Å². The molecule has 3 aromatic carbocycles. The summed E-state index contributed by atoms with van der Waals surface area (Å²) < 4.78 is 1.90. The van der Waals surface area contributed by atoms with Crippen molar-refractivity contribution < 1.29 is 0 Å². The Morgan fingerprint density at radius 3 is 1.71 bits per heavy atom. The van der Waals surface area contributed by atoms with Gasteiger partial charge in [-0.2, -0.15) is 0 Å². The number of nitrogens with zero attached hydrogens (tertiary/aromatic N) is 3. The maximum atomic E-state index is 4.43. The molecular weight excluding hydrogens is 258 g/mol. The van der Waals surface area contributed by atoms with E-state index in [0.717, 1.165) is 16.7 Å². The van der Waals surface area contributed by atoms with E-state index in [2.05, 4.69) is 34.6 Å². The Bertz CT molecular complexity index is 883. The van der Waals surface area contributed by atoms with Crippen LogP contribution in [0, 0.1) is 0 Å². The minimum absolute atomic E-state index is 0.847. The summed E-state index contributed by atoms with van der Waals surface area (Å²) in [7, 11) is 0. The number of hydrogen-bond donors (Lipinski definition) is 0. The van der Waals surface area contributed by atoms with Gasteiger partial charge in [0.1, 0.15) is 0 Å². The number of fused-ring (bicyclic) bond motifs is 3. The highest BCUT2D eigenvalue weighted by Gasteiger charge is 2.08. The van der Waals surface area contributed by atoms with E-state index in [0.29, 0.717) is 0 Å². The molecule has 0 unspecified atom stereocenters. The van der Waals surface area contributed by atoms with E-state index < -0.39 is 0 Å². The summed E-state index contributed by atoms with van der Waals surface area (Å²) in [5.74, 6) is 0. The molecule has 0 radical (unpaired) electrons. The molecule has 0 N–H and O–H groups in total. The second-order valence-corrected chi connectivity index (χ2v) is 4.87. The van der Waals surface area contributed by atoms with Crippen LogP contribution >= 0.6 is 0 Å². The lowest BCUT2D eigenvalue weighted by Crippen LogP contribution is -1.85. The fourth-order valence-electron chi connectivity index (χ4n) is 2.59. The molecule has 1 aromatic heterocycles. The predicted molar refractivity (Wildman–Crippen MR) is 85.8 cm³/mol. The summed E-state index contributed by atoms with van der Waals surface area (Å²) in [5.41, 5.74) is 2.98. The smallest absolute Gasteiger partial charge is 0.0874 e. The van der Waals surface area contributed by atoms with Crippen molar-refractivity contribution in [1.82, 2.24) is 4.68 Å². The van der Waals surface area contributed by atoms with Crippen molar-refractivity contribution in [1.29, 1.82) is 0 Å². The molecule has 0 saturated heterocycles. The lowest BCUT2D eigenvalue weighted by atomic mass is 10.2. The quantitative estimate of drug-likeness (QED) is 0.440. The lowest BCUT2D eigenvalue weighted by molar-refractivity contribution is 0.872. The number of rotatable bonds is 2. The van der Waals surface area contributed by atoms with Crippen molar-refractivity contribution in [3.05, 3.63) is 78.9 Å². The summed E-state index contributed by atoms with van der Waals surface area (Å²) in [6.45, 7) is 0. The Labute approximate surface area is 122 Å². The topological polar surface area (TPSA) is 29.6 Å². The van der Waals surface area contributed by atoms with E-state index in [9.17, 15) is 0 Å². The van der Waals surface area contributed by atoms with Gasteiger partial charge in [0.25, 0.3) is 0 Å². The first-order valence-electron chi connectivity index (χ1n) is 6.89. The first-order valence-corrected chi connectivity index (χ1v) is 6.89. The molecule has 0 aliphatic rings. The molecule has 4 aromatic rings. The van der Waals surface area contributed by atoms with Crippen molar-refractivity contribution in [2.75, 3.05) is 0 Å². The van der Waals surface area contributed by atoms with Crippen LogP contribution in [0.1, 0.15) is 0 Å². The summed E-state index contributed by atoms with van der Waals surface area (Å²) in [4.78, 5) is 0. The predicted octanol–water partition coefficient (Wildman–Crippen LogP) is 5.34. The number of benzene rings is 3. The molecule has 3 nitrogen and oxygen atoms in total. The molecule has 0 aliphatic heterocycles. The average molecular weight is 271 g/mol. The van der Waals surface area contributed by atoms with Crippen LogP contribution in [0.15, 0.2) is 89.2 Å². The van der Waals surface area contributed by atoms with Gasteiger partial charge < -0.3 is 0 Å². The van der Waals surface area contributed by atoms with Crippen molar-refractivity contribution in [3.63, 3.8) is 0 Å². The van der Waals surface area contributed by atoms with Crippen LogP contribution in [0.2, 0.25) is 0 Å². The average Bonchev–Trinajstić information content (AvgIpc) is 2.88. The number of aromatic nitrogens is 1. The zero-order chi connectivity index (χ0) is 14.1. The maximum Gasteiger partial charge on any atom is 0.0874 e. The van der Waals surface area contributed by atoms with Gasteiger partial charge in [0, 0.05) is 10.8 Å². The number of hydrogen-bond acceptors (Lipinski definition) is 2. The van der Waals surface area contributed by atoms with E-state index in [-0.39, 0.29) is 0 Å². The van der Waals surface area contributed by atoms with Crippen molar-refractivity contribution in [2.24, 2.45) is 10.3 Å². The van der Waals surface area contributed by atoms with E-state index in [4.69, 9.17) is 0 Å². The van der Waals surface area contributed by atoms with Crippen molar-refractivity contribution in [3.8, 4) is 0 Å². The monoisotopic (exact) mass is 271 g/mol. The molecule has 0 atom stereocenters. The minimum atomic E-state index is 0.847. The Morgan fingerprint density at radius 1 is 0.571 bits per heavy atom. The largest absolute Gasteiger partial charge is 0.214 e. The summed E-state index contributed by atoms with van der Waals surface area (Å²) in [6.07, 6.45) is 0. The lowest BCUT2D eigenvalue weighted by Gasteiger charge is -1.97. The molecule has 0 amide bonds. The third kappa shape index (κ3) is 1.99. The van der Waals surface area contributed by atoms with Gasteiger partial charge in [0.05, 0.1) is 16.7 Å². The van der Waals surface area contributed by atoms with E-state index >= 15 is 0 Å². The molecule has 0 fully saturated rings. The van der Waals surface area contributed by atoms with Gasteiger partial charge in [-0.05, 0) is 24.3 Å². The van der Waals surface area contributed by atoms with E-state index in [1.54, 1.807) is 0 Å². The highest BCUT2D eigenvalue weighted by Crippen LogP contribution is 2.29. The molecule has 3 heteroatoms. The molecular formula is C18H13N3. The highest BCUT2D eigenvalue weighted by molar-refractivity contribution is 6.07. The zero-order valence-corrected chi connectivity index (χ0v) is 11.3. The standard InChI is InChI=1S/C18H13N3/c1-2-8-14(9-3-1)19-20-21-17-12-6-4-10-15(17)16-11-5-7-13-18(16)21/h1-13H. The van der Waals surface area contributed by atoms with Gasteiger partial charge >= 0.3 is 0 Å². The SMILES string of the molecule is c1ccc(N=Nn2c3ccccc3c3ccccc32)cc1. The molecule has 0 saturated carbocycles. The summed E-state index contributed by atoms with van der Waals surface area (Å²) in [5, 5.41) is 11.2. The Morgan fingerprint density at radius 2 is 1.10 bits per heavy atom. The van der Waals surface area contributed by atoms with Crippen LogP contribution < -0.4 is 0 Å². The Balaban J connectivity index is 1.96. The van der Waals surface area contributed by atoms with Gasteiger partial charge in [-0.15, -0.1) is 5.11 Å². The second kappa shape index (κ2) is 4.87. The normalized spacial score (nSPS) is 11.6. The van der Waals surface area contributed by atoms with Gasteiger partial charge in [-0.1, -0.05) is 59.8 Å². The fourth-order valence-corrected chi connectivity index (χ4v) is 2.59. The number of para-hydroxylation sites is 2. The highest BCUT2D eigenvalue weighted by atomic mass is 15.5. The Kier molecular flexibility index (Phi) is 2.75. The van der Waals surface area contributed by atoms with Crippen LogP contribution in [0.5, 0.6) is 0 Å².